The van der Waals surface area contributed by atoms with Crippen molar-refractivity contribution in [3.63, 3.8) is 0 Å². The highest BCUT2D eigenvalue weighted by Gasteiger charge is 2.11. The van der Waals surface area contributed by atoms with Crippen molar-refractivity contribution in [1.82, 2.24) is 15.3 Å². The van der Waals surface area contributed by atoms with Gasteiger partial charge in [0, 0.05) is 30.5 Å². The van der Waals surface area contributed by atoms with E-state index in [2.05, 4.69) is 20.6 Å². The second kappa shape index (κ2) is 6.81. The summed E-state index contributed by atoms with van der Waals surface area (Å²) in [6, 6.07) is 5.62. The minimum Gasteiger partial charge on any atom is -0.352 e. The number of nitrogens with one attached hydrogen (secondary N) is 2. The van der Waals surface area contributed by atoms with Crippen molar-refractivity contribution in [2.24, 2.45) is 0 Å². The maximum Gasteiger partial charge on any atom is 0.254 e. The van der Waals surface area contributed by atoms with Gasteiger partial charge in [-0.1, -0.05) is 11.6 Å². The lowest BCUT2D eigenvalue weighted by atomic mass is 10.2. The van der Waals surface area contributed by atoms with Crippen LogP contribution in [0.2, 0.25) is 5.02 Å². The second-order valence-electron chi connectivity index (χ2n) is 3.88. The highest BCUT2D eigenvalue weighted by molar-refractivity contribution is 6.30. The SMILES string of the molecule is O=C(NCCNc1ncccn1)c1ccc(Cl)cc1F. The van der Waals surface area contributed by atoms with Crippen LogP contribution >= 0.6 is 11.6 Å². The van der Waals surface area contributed by atoms with E-state index in [4.69, 9.17) is 11.6 Å². The molecule has 0 spiro atoms. The molecule has 1 amide bonds. The lowest BCUT2D eigenvalue weighted by Gasteiger charge is -2.07. The van der Waals surface area contributed by atoms with Gasteiger partial charge in [0.15, 0.2) is 0 Å². The van der Waals surface area contributed by atoms with E-state index in [0.29, 0.717) is 19.0 Å². The molecular weight excluding hydrogens is 283 g/mol. The van der Waals surface area contributed by atoms with Gasteiger partial charge in [-0.25, -0.2) is 14.4 Å². The Hall–Kier alpha value is -2.21. The van der Waals surface area contributed by atoms with Crippen LogP contribution in [0.4, 0.5) is 10.3 Å². The van der Waals surface area contributed by atoms with Crippen molar-refractivity contribution in [2.75, 3.05) is 18.4 Å². The third kappa shape index (κ3) is 3.89. The minimum atomic E-state index is -0.644. The first-order chi connectivity index (χ1) is 9.66. The van der Waals surface area contributed by atoms with Gasteiger partial charge in [0.2, 0.25) is 5.95 Å². The predicted molar refractivity (Wildman–Crippen MR) is 74.3 cm³/mol. The van der Waals surface area contributed by atoms with Gasteiger partial charge >= 0.3 is 0 Å². The molecule has 1 heterocycles. The van der Waals surface area contributed by atoms with Crippen molar-refractivity contribution in [1.29, 1.82) is 0 Å². The molecule has 104 valence electrons. The van der Waals surface area contributed by atoms with E-state index in [1.807, 2.05) is 0 Å². The second-order valence-corrected chi connectivity index (χ2v) is 4.32. The Balaban J connectivity index is 1.80. The van der Waals surface area contributed by atoms with E-state index in [9.17, 15) is 9.18 Å². The highest BCUT2D eigenvalue weighted by Crippen LogP contribution is 2.14. The number of aromatic nitrogens is 2. The lowest BCUT2D eigenvalue weighted by molar-refractivity contribution is 0.0951. The average Bonchev–Trinajstić information content (AvgIpc) is 2.44. The van der Waals surface area contributed by atoms with E-state index in [-0.39, 0.29) is 10.6 Å². The predicted octanol–water partition coefficient (Wildman–Crippen LogP) is 2.11. The number of halogens is 2. The summed E-state index contributed by atoms with van der Waals surface area (Å²) in [4.78, 5) is 19.7. The van der Waals surface area contributed by atoms with Gasteiger partial charge in [0.05, 0.1) is 5.56 Å². The number of benzene rings is 1. The van der Waals surface area contributed by atoms with E-state index in [1.165, 1.54) is 12.1 Å². The maximum absolute atomic E-state index is 13.5. The Morgan fingerprint density at radius 3 is 2.70 bits per heavy atom. The smallest absolute Gasteiger partial charge is 0.254 e. The molecule has 1 aromatic heterocycles. The van der Waals surface area contributed by atoms with Crippen molar-refractivity contribution in [2.45, 2.75) is 0 Å². The molecule has 0 atom stereocenters. The molecule has 0 radical (unpaired) electrons. The molecular formula is C13H12ClFN4O. The molecule has 0 aliphatic carbocycles. The fourth-order valence-corrected chi connectivity index (χ4v) is 1.67. The Morgan fingerprint density at radius 1 is 1.25 bits per heavy atom. The fraction of sp³-hybridized carbons (Fsp3) is 0.154. The van der Waals surface area contributed by atoms with Gasteiger partial charge in [0.1, 0.15) is 5.82 Å². The first-order valence-corrected chi connectivity index (χ1v) is 6.29. The molecule has 0 saturated heterocycles. The van der Waals surface area contributed by atoms with Crippen molar-refractivity contribution >= 4 is 23.5 Å². The fourth-order valence-electron chi connectivity index (χ4n) is 1.51. The van der Waals surface area contributed by atoms with Crippen LogP contribution in [0, 0.1) is 5.82 Å². The average molecular weight is 295 g/mol. The molecule has 0 saturated carbocycles. The molecule has 20 heavy (non-hydrogen) atoms. The van der Waals surface area contributed by atoms with Crippen molar-refractivity contribution < 1.29 is 9.18 Å². The van der Waals surface area contributed by atoms with Gasteiger partial charge in [-0.2, -0.15) is 0 Å². The van der Waals surface area contributed by atoms with Crippen LogP contribution in [-0.2, 0) is 0 Å². The molecule has 7 heteroatoms. The van der Waals surface area contributed by atoms with Gasteiger partial charge in [-0.15, -0.1) is 0 Å². The molecule has 5 nitrogen and oxygen atoms in total. The molecule has 2 N–H and O–H groups in total. The van der Waals surface area contributed by atoms with E-state index >= 15 is 0 Å². The van der Waals surface area contributed by atoms with Crippen LogP contribution in [0.15, 0.2) is 36.7 Å². The van der Waals surface area contributed by atoms with Crippen LogP contribution < -0.4 is 10.6 Å². The van der Waals surface area contributed by atoms with E-state index < -0.39 is 11.7 Å². The molecule has 2 rings (SSSR count). The third-order valence-electron chi connectivity index (χ3n) is 2.44. The largest absolute Gasteiger partial charge is 0.352 e. The maximum atomic E-state index is 13.5. The minimum absolute atomic E-state index is 0.0367. The molecule has 0 fully saturated rings. The zero-order chi connectivity index (χ0) is 14.4. The summed E-state index contributed by atoms with van der Waals surface area (Å²) in [7, 11) is 0. The summed E-state index contributed by atoms with van der Waals surface area (Å²) in [6.07, 6.45) is 3.22. The number of carbonyl (C=O) groups is 1. The van der Waals surface area contributed by atoms with E-state index in [1.54, 1.807) is 18.5 Å². The van der Waals surface area contributed by atoms with Crippen LogP contribution in [0.25, 0.3) is 0 Å². The van der Waals surface area contributed by atoms with Crippen LogP contribution in [0.5, 0.6) is 0 Å². The van der Waals surface area contributed by atoms with E-state index in [0.717, 1.165) is 6.07 Å². The quantitative estimate of drug-likeness (QED) is 0.829. The molecule has 0 aliphatic heterocycles. The first kappa shape index (κ1) is 14.2. The normalized spacial score (nSPS) is 10.1. The van der Waals surface area contributed by atoms with Crippen molar-refractivity contribution in [3.8, 4) is 0 Å². The summed E-state index contributed by atoms with van der Waals surface area (Å²) in [5, 5.41) is 5.76. The van der Waals surface area contributed by atoms with Crippen LogP contribution in [0.3, 0.4) is 0 Å². The summed E-state index contributed by atoms with van der Waals surface area (Å²) in [5.74, 6) is -0.663. The highest BCUT2D eigenvalue weighted by atomic mass is 35.5. The molecule has 2 aromatic rings. The van der Waals surface area contributed by atoms with Crippen LogP contribution in [0.1, 0.15) is 10.4 Å². The Labute approximate surface area is 120 Å². The Morgan fingerprint density at radius 2 is 2.00 bits per heavy atom. The standard InChI is InChI=1S/C13H12ClFN4O/c14-9-2-3-10(11(15)8-9)12(20)16-6-7-19-13-17-4-1-5-18-13/h1-5,8H,6-7H2,(H,16,20)(H,17,18,19). The topological polar surface area (TPSA) is 66.9 Å². The number of anilines is 1. The number of hydrogen-bond acceptors (Lipinski definition) is 4. The number of nitrogens with zero attached hydrogens (tertiary/aromatic N) is 2. The summed E-state index contributed by atoms with van der Waals surface area (Å²) < 4.78 is 13.5. The Kier molecular flexibility index (Phi) is 4.84. The van der Waals surface area contributed by atoms with Gasteiger partial charge in [-0.05, 0) is 24.3 Å². The summed E-state index contributed by atoms with van der Waals surface area (Å²) >= 11 is 5.62. The van der Waals surface area contributed by atoms with Crippen LogP contribution in [-0.4, -0.2) is 29.0 Å². The van der Waals surface area contributed by atoms with Gasteiger partial charge in [-0.3, -0.25) is 4.79 Å². The molecule has 1 aromatic carbocycles. The number of rotatable bonds is 5. The third-order valence-corrected chi connectivity index (χ3v) is 2.67. The van der Waals surface area contributed by atoms with Crippen molar-refractivity contribution in [3.05, 3.63) is 53.1 Å². The lowest BCUT2D eigenvalue weighted by Crippen LogP contribution is -2.29. The number of carbonyl (C=O) groups excluding carboxylic acids is 1. The molecule has 0 bridgehead atoms. The summed E-state index contributed by atoms with van der Waals surface area (Å²) in [6.45, 7) is 0.754. The monoisotopic (exact) mass is 294 g/mol. The van der Waals surface area contributed by atoms with Gasteiger partial charge in [0.25, 0.3) is 5.91 Å². The van der Waals surface area contributed by atoms with Gasteiger partial charge < -0.3 is 10.6 Å². The number of hydrogen-bond donors (Lipinski definition) is 2. The zero-order valence-electron chi connectivity index (χ0n) is 10.4. The first-order valence-electron chi connectivity index (χ1n) is 5.91. The number of amides is 1. The summed E-state index contributed by atoms with van der Waals surface area (Å²) in [5.41, 5.74) is -0.0367. The molecule has 0 unspecified atom stereocenters. The Bertz CT molecular complexity index is 594. The zero-order valence-corrected chi connectivity index (χ0v) is 11.2. The molecule has 0 aliphatic rings.